The molecule has 0 spiro atoms. The van der Waals surface area contributed by atoms with Crippen LogP contribution < -0.4 is 30.9 Å². The maximum Gasteiger partial charge on any atom is 0.229 e. The molecule has 0 aliphatic heterocycles. The molecule has 0 bridgehead atoms. The highest BCUT2D eigenvalue weighted by Gasteiger charge is 2.14. The number of hydrogen-bond donors (Lipinski definition) is 5. The van der Waals surface area contributed by atoms with E-state index >= 15 is 0 Å². The van der Waals surface area contributed by atoms with E-state index in [1.54, 1.807) is 6.07 Å². The van der Waals surface area contributed by atoms with Crippen molar-refractivity contribution in [2.45, 2.75) is 12.8 Å². The zero-order chi connectivity index (χ0) is 32.0. The fraction of sp³-hybridized carbons (Fsp3) is 0.333. The summed E-state index contributed by atoms with van der Waals surface area (Å²) < 4.78 is 5.70. The van der Waals surface area contributed by atoms with Gasteiger partial charge in [-0.2, -0.15) is 4.98 Å². The number of rotatable bonds is 19. The summed E-state index contributed by atoms with van der Waals surface area (Å²) >= 11 is 0. The molecule has 2 aromatic carbocycles. The van der Waals surface area contributed by atoms with Gasteiger partial charge in [-0.3, -0.25) is 9.59 Å². The summed E-state index contributed by atoms with van der Waals surface area (Å²) in [5, 5.41) is 14.2. The lowest BCUT2D eigenvalue weighted by Gasteiger charge is -2.23. The van der Waals surface area contributed by atoms with Gasteiger partial charge < -0.3 is 40.8 Å². The Kier molecular flexibility index (Phi) is 12.3. The lowest BCUT2D eigenvalue weighted by Crippen LogP contribution is -2.20. The summed E-state index contributed by atoms with van der Waals surface area (Å²) in [7, 11) is 8.00. The highest BCUT2D eigenvalue weighted by Crippen LogP contribution is 2.33. The molecule has 0 amide bonds. The molecule has 0 fully saturated rings. The first-order valence-corrected chi connectivity index (χ1v) is 15.0. The lowest BCUT2D eigenvalue weighted by molar-refractivity contribution is -0.109. The van der Waals surface area contributed by atoms with Crippen molar-refractivity contribution in [1.29, 1.82) is 0 Å². The van der Waals surface area contributed by atoms with E-state index in [-0.39, 0.29) is 6.61 Å². The highest BCUT2D eigenvalue weighted by atomic mass is 16.5. The van der Waals surface area contributed by atoms with Crippen molar-refractivity contribution < 1.29 is 14.3 Å². The van der Waals surface area contributed by atoms with Gasteiger partial charge in [0, 0.05) is 67.9 Å². The Hall–Kier alpha value is -4.94. The van der Waals surface area contributed by atoms with Gasteiger partial charge >= 0.3 is 0 Å². The van der Waals surface area contributed by atoms with Crippen LogP contribution in [0.3, 0.4) is 0 Å². The summed E-state index contributed by atoms with van der Waals surface area (Å²) in [6, 6.07) is 11.5. The topological polar surface area (TPSA) is 140 Å². The summed E-state index contributed by atoms with van der Waals surface area (Å²) in [5.41, 5.74) is 4.66. The zero-order valence-electron chi connectivity index (χ0n) is 26.4. The number of benzene rings is 2. The normalized spacial score (nSPS) is 11.2. The quantitative estimate of drug-likeness (QED) is 0.0566. The molecule has 12 nitrogen and oxygen atoms in total. The summed E-state index contributed by atoms with van der Waals surface area (Å²) in [6.07, 6.45) is 11.1. The van der Waals surface area contributed by atoms with Crippen LogP contribution in [0.15, 0.2) is 60.9 Å². The number of allylic oxidation sites excluding steroid dienone is 1. The summed E-state index contributed by atoms with van der Waals surface area (Å²) in [6.45, 7) is 3.36. The third-order valence-corrected chi connectivity index (χ3v) is 7.05. The number of H-pyrrole nitrogens is 1. The van der Waals surface area contributed by atoms with E-state index < -0.39 is 0 Å². The van der Waals surface area contributed by atoms with Crippen molar-refractivity contribution in [1.82, 2.24) is 25.2 Å². The number of carbonyl (C=O) groups excluding carboxylic acids is 2. The number of nitrogens with one attached hydrogen (secondary N) is 5. The predicted octanol–water partition coefficient (Wildman–Crippen LogP) is 4.80. The van der Waals surface area contributed by atoms with E-state index in [4.69, 9.17) is 4.74 Å². The first-order chi connectivity index (χ1) is 21.9. The van der Waals surface area contributed by atoms with Gasteiger partial charge in [0.2, 0.25) is 5.95 Å². The Morgan fingerprint density at radius 2 is 1.82 bits per heavy atom. The molecule has 2 heterocycles. The van der Waals surface area contributed by atoms with Crippen LogP contribution in [-0.2, 0) is 4.79 Å². The van der Waals surface area contributed by atoms with Gasteiger partial charge in [0.25, 0.3) is 0 Å². The van der Waals surface area contributed by atoms with Crippen molar-refractivity contribution in [2.24, 2.45) is 0 Å². The molecule has 4 rings (SSSR count). The Bertz CT molecular complexity index is 1590. The molecule has 12 heteroatoms. The number of aromatic nitrogens is 3. The number of nitrogens with zero attached hydrogens (tertiary/aromatic N) is 4. The monoisotopic (exact) mass is 613 g/mol. The SMILES string of the molecule is CNC/C=C\CCCN(C)c1cc(Nc2nc(Nc3ccc4c(NCCN(C)C)c[nH]c4c3)ncc2C=O)ccc1OCC=O. The molecule has 0 radical (unpaired) electrons. The number of fused-ring (bicyclic) bond motifs is 1. The van der Waals surface area contributed by atoms with Gasteiger partial charge in [-0.15, -0.1) is 0 Å². The molecule has 4 aromatic rings. The van der Waals surface area contributed by atoms with Gasteiger partial charge in [0.15, 0.2) is 12.6 Å². The smallest absolute Gasteiger partial charge is 0.229 e. The van der Waals surface area contributed by atoms with Crippen molar-refractivity contribution >= 4 is 58.0 Å². The van der Waals surface area contributed by atoms with Gasteiger partial charge in [-0.1, -0.05) is 12.2 Å². The van der Waals surface area contributed by atoms with Gasteiger partial charge in [-0.25, -0.2) is 4.98 Å². The van der Waals surface area contributed by atoms with Crippen molar-refractivity contribution in [3.63, 3.8) is 0 Å². The zero-order valence-corrected chi connectivity index (χ0v) is 26.4. The third-order valence-electron chi connectivity index (χ3n) is 7.05. The van der Waals surface area contributed by atoms with Gasteiger partial charge in [-0.05, 0) is 70.4 Å². The number of aldehydes is 2. The molecule has 45 heavy (non-hydrogen) atoms. The molecule has 0 atom stereocenters. The largest absolute Gasteiger partial charge is 0.484 e. The fourth-order valence-corrected chi connectivity index (χ4v) is 4.69. The van der Waals surface area contributed by atoms with Gasteiger partial charge in [0.1, 0.15) is 18.2 Å². The number of hydrogen-bond acceptors (Lipinski definition) is 11. The van der Waals surface area contributed by atoms with Crippen LogP contribution in [0.25, 0.3) is 10.9 Å². The number of likely N-dealkylation sites (N-methyl/N-ethyl adjacent to an activating group) is 2. The average Bonchev–Trinajstić information content (AvgIpc) is 3.44. The number of aromatic amines is 1. The lowest BCUT2D eigenvalue weighted by atomic mass is 10.2. The van der Waals surface area contributed by atoms with Crippen molar-refractivity contribution in [3.8, 4) is 5.75 Å². The van der Waals surface area contributed by atoms with Crippen LogP contribution in [0.1, 0.15) is 23.2 Å². The number of carbonyl (C=O) groups is 2. The van der Waals surface area contributed by atoms with Crippen LogP contribution in [0.2, 0.25) is 0 Å². The van der Waals surface area contributed by atoms with Crippen molar-refractivity contribution in [3.05, 3.63) is 66.5 Å². The second kappa shape index (κ2) is 16.8. The standard InChI is InChI=1S/C33H43N9O3/c1-34-13-7-5-6-8-15-42(4)30-20-26(10-12-31(30)45-18-17-43)38-32-24(23-44)21-37-33(40-32)39-25-9-11-27-28(19-25)36-22-29(27)35-14-16-41(2)3/h5,7,9-12,17,19-23,34-36H,6,8,13-16,18H2,1-4H3,(H2,37,38,39,40)/b7-5-. The number of ether oxygens (including phenoxy) is 1. The molecule has 0 saturated carbocycles. The maximum absolute atomic E-state index is 11.9. The minimum Gasteiger partial charge on any atom is -0.484 e. The first-order valence-electron chi connectivity index (χ1n) is 15.0. The Balaban J connectivity index is 1.50. The van der Waals surface area contributed by atoms with E-state index in [0.717, 1.165) is 79.6 Å². The van der Waals surface area contributed by atoms with Crippen LogP contribution in [-0.4, -0.2) is 93.4 Å². The second-order valence-corrected chi connectivity index (χ2v) is 10.8. The molecule has 5 N–H and O–H groups in total. The minimum absolute atomic E-state index is 0.0425. The summed E-state index contributed by atoms with van der Waals surface area (Å²) in [5.74, 6) is 1.30. The van der Waals surface area contributed by atoms with Crippen molar-refractivity contribution in [2.75, 3.05) is 81.8 Å². The van der Waals surface area contributed by atoms with Crippen LogP contribution >= 0.6 is 0 Å². The Labute approximate surface area is 264 Å². The minimum atomic E-state index is -0.0425. The van der Waals surface area contributed by atoms with E-state index in [0.29, 0.717) is 28.8 Å². The van der Waals surface area contributed by atoms with Crippen LogP contribution in [0.5, 0.6) is 5.75 Å². The Morgan fingerprint density at radius 3 is 2.60 bits per heavy atom. The molecule has 0 saturated heterocycles. The molecule has 0 aliphatic carbocycles. The molecular formula is C33H43N9O3. The van der Waals surface area contributed by atoms with E-state index in [1.807, 2.05) is 64.7 Å². The van der Waals surface area contributed by atoms with Crippen LogP contribution in [0.4, 0.5) is 34.5 Å². The first kappa shape index (κ1) is 33.0. The second-order valence-electron chi connectivity index (χ2n) is 10.8. The fourth-order valence-electron chi connectivity index (χ4n) is 4.69. The van der Waals surface area contributed by atoms with E-state index in [1.165, 1.54) is 6.20 Å². The Morgan fingerprint density at radius 1 is 1.00 bits per heavy atom. The van der Waals surface area contributed by atoms with Gasteiger partial charge in [0.05, 0.1) is 16.9 Å². The summed E-state index contributed by atoms with van der Waals surface area (Å²) in [4.78, 5) is 39.4. The maximum atomic E-state index is 11.9. The predicted molar refractivity (Wildman–Crippen MR) is 183 cm³/mol. The highest BCUT2D eigenvalue weighted by molar-refractivity contribution is 5.94. The van der Waals surface area contributed by atoms with Crippen LogP contribution in [0, 0.1) is 0 Å². The third kappa shape index (κ3) is 9.52. The molecular weight excluding hydrogens is 570 g/mol. The number of anilines is 6. The molecule has 0 aliphatic rings. The van der Waals surface area contributed by atoms with E-state index in [2.05, 4.69) is 58.2 Å². The number of unbranched alkanes of at least 4 members (excludes halogenated alkanes) is 1. The van der Waals surface area contributed by atoms with E-state index in [9.17, 15) is 9.59 Å². The average molecular weight is 614 g/mol. The molecule has 0 unspecified atom stereocenters. The molecule has 238 valence electrons. The molecule has 2 aromatic heterocycles.